The zero-order chi connectivity index (χ0) is 12.8. The Hall–Kier alpha value is -0.0800. The van der Waals surface area contributed by atoms with Crippen LogP contribution in [-0.2, 0) is 0 Å². The van der Waals surface area contributed by atoms with Crippen molar-refractivity contribution in [3.05, 3.63) is 0 Å². The molecule has 1 saturated carbocycles. The maximum absolute atomic E-state index is 3.72. The number of hydrogen-bond acceptors (Lipinski definition) is 2. The molecule has 1 aliphatic carbocycles. The smallest absolute Gasteiger partial charge is 0.0195 e. The summed E-state index contributed by atoms with van der Waals surface area (Å²) >= 11 is 0. The van der Waals surface area contributed by atoms with Gasteiger partial charge in [-0.3, -0.25) is 4.90 Å². The highest BCUT2D eigenvalue weighted by Gasteiger charge is 2.25. The van der Waals surface area contributed by atoms with Crippen LogP contribution in [0.3, 0.4) is 0 Å². The maximum Gasteiger partial charge on any atom is 0.0195 e. The first kappa shape index (κ1) is 14.3. The van der Waals surface area contributed by atoms with Crippen molar-refractivity contribution in [1.82, 2.24) is 10.2 Å². The second-order valence-corrected chi connectivity index (χ2v) is 6.76. The summed E-state index contributed by atoms with van der Waals surface area (Å²) in [5.74, 6) is 0.841. The molecule has 1 aliphatic heterocycles. The molecule has 0 spiro atoms. The largest absolute Gasteiger partial charge is 0.313 e. The van der Waals surface area contributed by atoms with Gasteiger partial charge in [0.1, 0.15) is 0 Å². The topological polar surface area (TPSA) is 15.3 Å². The first-order chi connectivity index (χ1) is 8.75. The van der Waals surface area contributed by atoms with Crippen LogP contribution < -0.4 is 5.32 Å². The summed E-state index contributed by atoms with van der Waals surface area (Å²) in [4.78, 5) is 2.82. The molecular weight excluding hydrogens is 220 g/mol. The molecule has 18 heavy (non-hydrogen) atoms. The fourth-order valence-electron chi connectivity index (χ4n) is 3.48. The van der Waals surface area contributed by atoms with Gasteiger partial charge in [-0.05, 0) is 51.1 Å². The number of nitrogens with zero attached hydrogens (tertiary/aromatic N) is 1. The Bertz CT molecular complexity index is 215. The van der Waals surface area contributed by atoms with Crippen molar-refractivity contribution >= 4 is 0 Å². The van der Waals surface area contributed by atoms with E-state index in [2.05, 4.69) is 24.1 Å². The van der Waals surface area contributed by atoms with Crippen LogP contribution in [0, 0.1) is 5.92 Å². The van der Waals surface area contributed by atoms with Crippen molar-refractivity contribution < 1.29 is 0 Å². The molecule has 1 N–H and O–H groups in total. The zero-order valence-corrected chi connectivity index (χ0v) is 12.5. The summed E-state index contributed by atoms with van der Waals surface area (Å²) < 4.78 is 0. The fraction of sp³-hybridized carbons (Fsp3) is 1.00. The van der Waals surface area contributed by atoms with Gasteiger partial charge in [0.15, 0.2) is 0 Å². The molecule has 2 rings (SSSR count). The maximum atomic E-state index is 3.72. The van der Waals surface area contributed by atoms with Crippen LogP contribution in [0.25, 0.3) is 0 Å². The van der Waals surface area contributed by atoms with Gasteiger partial charge in [0.05, 0.1) is 0 Å². The highest BCUT2D eigenvalue weighted by molar-refractivity contribution is 4.83. The van der Waals surface area contributed by atoms with Crippen molar-refractivity contribution in [3.8, 4) is 0 Å². The summed E-state index contributed by atoms with van der Waals surface area (Å²) in [6, 6.07) is 1.67. The second-order valence-electron chi connectivity index (χ2n) is 6.76. The Morgan fingerprint density at radius 1 is 1.06 bits per heavy atom. The lowest BCUT2D eigenvalue weighted by atomic mass is 10.0. The summed E-state index contributed by atoms with van der Waals surface area (Å²) in [5, 5.41) is 3.72. The number of nitrogens with one attached hydrogen (secondary N) is 1. The quantitative estimate of drug-likeness (QED) is 0.779. The molecule has 0 bridgehead atoms. The predicted octanol–water partition coefficient (Wildman–Crippen LogP) is 3.42. The van der Waals surface area contributed by atoms with E-state index in [1.54, 1.807) is 0 Å². The summed E-state index contributed by atoms with van der Waals surface area (Å²) in [6.45, 7) is 8.57. The van der Waals surface area contributed by atoms with Gasteiger partial charge in [0, 0.05) is 18.6 Å². The molecule has 2 nitrogen and oxygen atoms in total. The molecule has 0 amide bonds. The molecule has 1 atom stereocenters. The molecular formula is C16H32N2. The van der Waals surface area contributed by atoms with Crippen LogP contribution >= 0.6 is 0 Å². The van der Waals surface area contributed by atoms with E-state index in [1.165, 1.54) is 71.0 Å². The van der Waals surface area contributed by atoms with Crippen LogP contribution in [0.4, 0.5) is 0 Å². The Labute approximate surface area is 114 Å². The average molecular weight is 252 g/mol. The Kier molecular flexibility index (Phi) is 5.97. The predicted molar refractivity (Wildman–Crippen MR) is 78.9 cm³/mol. The number of rotatable bonds is 6. The lowest BCUT2D eigenvalue weighted by Gasteiger charge is -2.35. The Balaban J connectivity index is 1.81. The third kappa shape index (κ3) is 4.55. The van der Waals surface area contributed by atoms with E-state index < -0.39 is 0 Å². The summed E-state index contributed by atoms with van der Waals surface area (Å²) in [6.07, 6.45) is 11.4. The third-order valence-corrected chi connectivity index (χ3v) is 4.70. The van der Waals surface area contributed by atoms with Crippen molar-refractivity contribution in [2.24, 2.45) is 5.92 Å². The highest BCUT2D eigenvalue weighted by Crippen LogP contribution is 2.25. The molecule has 0 unspecified atom stereocenters. The van der Waals surface area contributed by atoms with E-state index in [0.717, 1.165) is 18.0 Å². The van der Waals surface area contributed by atoms with Crippen molar-refractivity contribution in [1.29, 1.82) is 0 Å². The Morgan fingerprint density at radius 2 is 1.78 bits per heavy atom. The molecule has 0 aromatic carbocycles. The molecule has 2 aliphatic rings. The standard InChI is InChI=1S/C16H32N2/c1-14(2)10-12-18(16-8-3-4-9-16)13-15-7-5-6-11-17-15/h14-17H,3-13H2,1-2H3/t15-/m0/s1. The van der Waals surface area contributed by atoms with Gasteiger partial charge in [-0.1, -0.05) is 33.1 Å². The normalized spacial score (nSPS) is 26.3. The van der Waals surface area contributed by atoms with E-state index in [9.17, 15) is 0 Å². The van der Waals surface area contributed by atoms with Gasteiger partial charge >= 0.3 is 0 Å². The molecule has 2 heteroatoms. The first-order valence-electron chi connectivity index (χ1n) is 8.23. The van der Waals surface area contributed by atoms with E-state index in [4.69, 9.17) is 0 Å². The third-order valence-electron chi connectivity index (χ3n) is 4.70. The molecule has 0 aromatic rings. The lowest BCUT2D eigenvalue weighted by molar-refractivity contribution is 0.159. The minimum absolute atomic E-state index is 0.770. The van der Waals surface area contributed by atoms with Gasteiger partial charge < -0.3 is 5.32 Å². The van der Waals surface area contributed by atoms with Gasteiger partial charge in [-0.25, -0.2) is 0 Å². The summed E-state index contributed by atoms with van der Waals surface area (Å²) in [5.41, 5.74) is 0. The zero-order valence-electron chi connectivity index (χ0n) is 12.5. The van der Waals surface area contributed by atoms with Crippen molar-refractivity contribution in [2.45, 2.75) is 77.3 Å². The van der Waals surface area contributed by atoms with Gasteiger partial charge in [0.25, 0.3) is 0 Å². The van der Waals surface area contributed by atoms with Crippen LogP contribution in [-0.4, -0.2) is 36.6 Å². The van der Waals surface area contributed by atoms with Gasteiger partial charge in [-0.15, -0.1) is 0 Å². The molecule has 0 radical (unpaired) electrons. The number of piperidine rings is 1. The van der Waals surface area contributed by atoms with E-state index in [-0.39, 0.29) is 0 Å². The fourth-order valence-corrected chi connectivity index (χ4v) is 3.48. The summed E-state index contributed by atoms with van der Waals surface area (Å²) in [7, 11) is 0. The SMILES string of the molecule is CC(C)CCN(C[C@@H]1CCCCN1)C1CCCC1. The van der Waals surface area contributed by atoms with Crippen molar-refractivity contribution in [2.75, 3.05) is 19.6 Å². The molecule has 0 aromatic heterocycles. The van der Waals surface area contributed by atoms with Crippen molar-refractivity contribution in [3.63, 3.8) is 0 Å². The van der Waals surface area contributed by atoms with Crippen LogP contribution in [0.5, 0.6) is 0 Å². The highest BCUT2D eigenvalue weighted by atomic mass is 15.2. The number of hydrogen-bond donors (Lipinski definition) is 1. The second kappa shape index (κ2) is 7.49. The van der Waals surface area contributed by atoms with E-state index in [1.807, 2.05) is 0 Å². The van der Waals surface area contributed by atoms with Crippen LogP contribution in [0.15, 0.2) is 0 Å². The van der Waals surface area contributed by atoms with Crippen LogP contribution in [0.2, 0.25) is 0 Å². The molecule has 2 fully saturated rings. The van der Waals surface area contributed by atoms with E-state index in [0.29, 0.717) is 0 Å². The minimum Gasteiger partial charge on any atom is -0.313 e. The lowest BCUT2D eigenvalue weighted by Crippen LogP contribution is -2.47. The monoisotopic (exact) mass is 252 g/mol. The molecule has 106 valence electrons. The van der Waals surface area contributed by atoms with E-state index >= 15 is 0 Å². The Morgan fingerprint density at radius 3 is 2.39 bits per heavy atom. The minimum atomic E-state index is 0.770. The van der Waals surface area contributed by atoms with Crippen LogP contribution in [0.1, 0.15) is 65.2 Å². The first-order valence-corrected chi connectivity index (χ1v) is 8.23. The average Bonchev–Trinajstić information content (AvgIpc) is 2.89. The molecule has 1 saturated heterocycles. The van der Waals surface area contributed by atoms with Gasteiger partial charge in [-0.2, -0.15) is 0 Å². The molecule has 1 heterocycles. The van der Waals surface area contributed by atoms with Gasteiger partial charge in [0.2, 0.25) is 0 Å².